The van der Waals surface area contributed by atoms with E-state index in [9.17, 15) is 9.59 Å². The summed E-state index contributed by atoms with van der Waals surface area (Å²) in [5.74, 6) is -0.785. The van der Waals surface area contributed by atoms with Crippen LogP contribution in [0, 0.1) is 0 Å². The first-order chi connectivity index (χ1) is 9.19. The maximum absolute atomic E-state index is 11.8. The molecule has 0 aliphatic carbocycles. The second kappa shape index (κ2) is 5.97. The van der Waals surface area contributed by atoms with Gasteiger partial charge in [0.25, 0.3) is 0 Å². The smallest absolute Gasteiger partial charge is 0.338 e. The van der Waals surface area contributed by atoms with Crippen LogP contribution in [0.2, 0.25) is 0 Å². The molecule has 1 heterocycles. The van der Waals surface area contributed by atoms with Crippen molar-refractivity contribution in [1.82, 2.24) is 0 Å². The highest BCUT2D eigenvalue weighted by molar-refractivity contribution is 5.89. The summed E-state index contributed by atoms with van der Waals surface area (Å²) in [6.45, 7) is -0.395. The van der Waals surface area contributed by atoms with Crippen LogP contribution in [0.25, 0.3) is 0 Å². The predicted octanol–water partition coefficient (Wildman–Crippen LogP) is 1.20. The van der Waals surface area contributed by atoms with Gasteiger partial charge in [0.2, 0.25) is 0 Å². The Kier molecular flexibility index (Phi) is 4.10. The molecule has 0 amide bonds. The van der Waals surface area contributed by atoms with E-state index >= 15 is 0 Å². The van der Waals surface area contributed by atoms with Crippen LogP contribution in [0.4, 0.5) is 0 Å². The van der Waals surface area contributed by atoms with Crippen molar-refractivity contribution >= 4 is 11.9 Å². The van der Waals surface area contributed by atoms with Crippen LogP contribution >= 0.6 is 0 Å². The van der Waals surface area contributed by atoms with E-state index in [1.165, 1.54) is 18.2 Å². The van der Waals surface area contributed by atoms with Gasteiger partial charge >= 0.3 is 11.9 Å². The fraction of sp³-hybridized carbons (Fsp3) is 0.143. The van der Waals surface area contributed by atoms with Gasteiger partial charge in [0, 0.05) is 12.2 Å². The van der Waals surface area contributed by atoms with E-state index in [-0.39, 0.29) is 5.76 Å². The average molecular weight is 260 g/mol. The van der Waals surface area contributed by atoms with Gasteiger partial charge < -0.3 is 14.6 Å². The molecule has 0 saturated heterocycles. The van der Waals surface area contributed by atoms with Gasteiger partial charge in [0.05, 0.1) is 12.2 Å². The second-order valence-electron chi connectivity index (χ2n) is 3.82. The molecule has 1 atom stereocenters. The molecule has 98 valence electrons. The Balaban J connectivity index is 2.02. The third-order valence-electron chi connectivity index (χ3n) is 2.40. The highest BCUT2D eigenvalue weighted by Crippen LogP contribution is 2.12. The number of cyclic esters (lactones) is 1. The molecule has 5 nitrogen and oxygen atoms in total. The van der Waals surface area contributed by atoms with Crippen molar-refractivity contribution in [1.29, 1.82) is 0 Å². The van der Waals surface area contributed by atoms with Gasteiger partial charge in [-0.05, 0) is 18.2 Å². The first-order valence-electron chi connectivity index (χ1n) is 5.67. The molecule has 0 bridgehead atoms. The lowest BCUT2D eigenvalue weighted by molar-refractivity contribution is -0.132. The van der Waals surface area contributed by atoms with Crippen molar-refractivity contribution in [3.05, 3.63) is 59.9 Å². The Morgan fingerprint density at radius 1 is 1.32 bits per heavy atom. The number of carbonyl (C=O) groups is 2. The zero-order chi connectivity index (χ0) is 13.7. The van der Waals surface area contributed by atoms with Crippen LogP contribution in [0.5, 0.6) is 0 Å². The van der Waals surface area contributed by atoms with Gasteiger partial charge in [-0.15, -0.1) is 0 Å². The van der Waals surface area contributed by atoms with E-state index in [0.29, 0.717) is 5.56 Å². The Labute approximate surface area is 109 Å². The van der Waals surface area contributed by atoms with Crippen molar-refractivity contribution in [3.63, 3.8) is 0 Å². The average Bonchev–Trinajstić information content (AvgIpc) is 2.84. The Hall–Kier alpha value is -2.40. The maximum atomic E-state index is 11.8. The van der Waals surface area contributed by atoms with Crippen LogP contribution in [0.3, 0.4) is 0 Å². The molecule has 19 heavy (non-hydrogen) atoms. The molecule has 5 heteroatoms. The van der Waals surface area contributed by atoms with E-state index in [4.69, 9.17) is 14.6 Å². The quantitative estimate of drug-likeness (QED) is 0.823. The van der Waals surface area contributed by atoms with Crippen molar-refractivity contribution in [2.45, 2.75) is 6.10 Å². The fourth-order valence-electron chi connectivity index (χ4n) is 1.51. The summed E-state index contributed by atoms with van der Waals surface area (Å²) >= 11 is 0. The van der Waals surface area contributed by atoms with Gasteiger partial charge in [-0.25, -0.2) is 9.59 Å². The summed E-state index contributed by atoms with van der Waals surface area (Å²) in [6, 6.07) is 8.43. The summed E-state index contributed by atoms with van der Waals surface area (Å²) in [5, 5.41) is 9.16. The van der Waals surface area contributed by atoms with Crippen LogP contribution in [-0.2, 0) is 14.3 Å². The predicted molar refractivity (Wildman–Crippen MR) is 66.0 cm³/mol. The first kappa shape index (κ1) is 13.0. The minimum atomic E-state index is -0.863. The molecule has 1 unspecified atom stereocenters. The second-order valence-corrected chi connectivity index (χ2v) is 3.82. The minimum absolute atomic E-state index is 0.255. The van der Waals surface area contributed by atoms with Crippen LogP contribution in [0.1, 0.15) is 10.4 Å². The molecular formula is C14H12O5. The lowest BCUT2D eigenvalue weighted by atomic mass is 10.2. The molecule has 1 aromatic carbocycles. The lowest BCUT2D eigenvalue weighted by Crippen LogP contribution is -2.20. The van der Waals surface area contributed by atoms with Gasteiger partial charge in [-0.3, -0.25) is 0 Å². The molecular weight excluding hydrogens is 248 g/mol. The highest BCUT2D eigenvalue weighted by Gasteiger charge is 2.16. The third-order valence-corrected chi connectivity index (χ3v) is 2.40. The number of benzene rings is 1. The number of rotatable bonds is 4. The summed E-state index contributed by atoms with van der Waals surface area (Å²) in [5.41, 5.74) is 0.387. The van der Waals surface area contributed by atoms with Gasteiger partial charge in [0.15, 0.2) is 0 Å². The number of esters is 2. The van der Waals surface area contributed by atoms with Crippen molar-refractivity contribution in [2.24, 2.45) is 0 Å². The van der Waals surface area contributed by atoms with Gasteiger partial charge in [-0.2, -0.15) is 0 Å². The van der Waals surface area contributed by atoms with Crippen molar-refractivity contribution in [2.75, 3.05) is 6.61 Å². The van der Waals surface area contributed by atoms with Crippen LogP contribution in [-0.4, -0.2) is 29.8 Å². The van der Waals surface area contributed by atoms with E-state index in [1.807, 2.05) is 0 Å². The summed E-state index contributed by atoms with van der Waals surface area (Å²) in [7, 11) is 0. The number of aliphatic hydroxyl groups is 1. The molecule has 0 aromatic heterocycles. The van der Waals surface area contributed by atoms with E-state index in [2.05, 4.69) is 0 Å². The Morgan fingerprint density at radius 3 is 2.63 bits per heavy atom. The molecule has 0 radical (unpaired) electrons. The van der Waals surface area contributed by atoms with Gasteiger partial charge in [0.1, 0.15) is 11.9 Å². The number of allylic oxidation sites excluding steroid dienone is 1. The third kappa shape index (κ3) is 3.53. The molecule has 0 spiro atoms. The number of carbonyl (C=O) groups excluding carboxylic acids is 2. The lowest BCUT2D eigenvalue weighted by Gasteiger charge is -2.12. The molecule has 0 saturated carbocycles. The number of ether oxygens (including phenoxy) is 2. The zero-order valence-corrected chi connectivity index (χ0v) is 9.98. The summed E-state index contributed by atoms with van der Waals surface area (Å²) in [4.78, 5) is 22.6. The molecule has 1 aromatic rings. The molecule has 1 aliphatic heterocycles. The highest BCUT2D eigenvalue weighted by atomic mass is 16.6. The molecule has 2 rings (SSSR count). The standard InChI is InChI=1S/C14H12O5/c15-9-12(8-11-6-7-13(16)18-11)19-14(17)10-4-2-1-3-5-10/h1-8,12,15H,9H2/b11-8-. The number of hydrogen-bond donors (Lipinski definition) is 1. The first-order valence-corrected chi connectivity index (χ1v) is 5.67. The van der Waals surface area contributed by atoms with Crippen LogP contribution < -0.4 is 0 Å². The summed E-state index contributed by atoms with van der Waals surface area (Å²) < 4.78 is 9.88. The van der Waals surface area contributed by atoms with Crippen molar-refractivity contribution in [3.8, 4) is 0 Å². The number of hydrogen-bond acceptors (Lipinski definition) is 5. The Bertz CT molecular complexity index is 530. The maximum Gasteiger partial charge on any atom is 0.338 e. The Morgan fingerprint density at radius 2 is 2.05 bits per heavy atom. The molecule has 0 fully saturated rings. The molecule has 1 N–H and O–H groups in total. The van der Waals surface area contributed by atoms with Crippen LogP contribution in [0.15, 0.2) is 54.3 Å². The summed E-state index contributed by atoms with van der Waals surface area (Å²) in [6.07, 6.45) is 3.21. The normalized spacial score (nSPS) is 17.3. The van der Waals surface area contributed by atoms with Gasteiger partial charge in [-0.1, -0.05) is 18.2 Å². The minimum Gasteiger partial charge on any atom is -0.452 e. The SMILES string of the molecule is O=C1C=C/C(=C/C(CO)OC(=O)c2ccccc2)O1. The van der Waals surface area contributed by atoms with E-state index < -0.39 is 24.6 Å². The topological polar surface area (TPSA) is 72.8 Å². The fourth-order valence-corrected chi connectivity index (χ4v) is 1.51. The largest absolute Gasteiger partial charge is 0.452 e. The van der Waals surface area contributed by atoms with E-state index in [1.54, 1.807) is 30.3 Å². The van der Waals surface area contributed by atoms with E-state index in [0.717, 1.165) is 0 Å². The van der Waals surface area contributed by atoms with Crippen molar-refractivity contribution < 1.29 is 24.2 Å². The molecule has 1 aliphatic rings. The monoisotopic (exact) mass is 260 g/mol. The zero-order valence-electron chi connectivity index (χ0n) is 9.98. The number of aliphatic hydroxyl groups excluding tert-OH is 1.